The fourth-order valence-electron chi connectivity index (χ4n) is 2.12. The van der Waals surface area contributed by atoms with E-state index in [1.807, 2.05) is 49.4 Å². The Morgan fingerprint density at radius 3 is 2.74 bits per heavy atom. The van der Waals surface area contributed by atoms with Gasteiger partial charge in [-0.15, -0.1) is 0 Å². The minimum absolute atomic E-state index is 0.218. The molecule has 0 aromatic heterocycles. The highest BCUT2D eigenvalue weighted by molar-refractivity contribution is 5.67. The van der Waals surface area contributed by atoms with Gasteiger partial charge in [0.05, 0.1) is 17.4 Å². The average molecular weight is 315 g/mol. The topological polar surface area (TPSA) is 96.6 Å². The largest absolute Gasteiger partial charge is 0.491 e. The first kappa shape index (κ1) is 16.5. The van der Waals surface area contributed by atoms with Gasteiger partial charge in [-0.1, -0.05) is 24.3 Å². The van der Waals surface area contributed by atoms with Gasteiger partial charge in [0.1, 0.15) is 12.4 Å². The third-order valence-electron chi connectivity index (χ3n) is 3.27. The third-order valence-corrected chi connectivity index (χ3v) is 3.27. The molecule has 23 heavy (non-hydrogen) atoms. The zero-order valence-electron chi connectivity index (χ0n) is 13.0. The van der Waals surface area contributed by atoms with Gasteiger partial charge in [0.2, 0.25) is 0 Å². The summed E-state index contributed by atoms with van der Waals surface area (Å²) in [6.45, 7) is 2.56. The van der Waals surface area contributed by atoms with Crippen LogP contribution >= 0.6 is 0 Å². The summed E-state index contributed by atoms with van der Waals surface area (Å²) in [6.07, 6.45) is -1.09. The van der Waals surface area contributed by atoms with E-state index in [9.17, 15) is 4.79 Å². The lowest BCUT2D eigenvalue weighted by Gasteiger charge is -2.19. The van der Waals surface area contributed by atoms with Gasteiger partial charge in [0.15, 0.2) is 0 Å². The number of rotatable bonds is 7. The molecule has 0 saturated heterocycles. The van der Waals surface area contributed by atoms with Crippen molar-refractivity contribution in [3.8, 4) is 5.75 Å². The van der Waals surface area contributed by atoms with Crippen molar-refractivity contribution < 1.29 is 14.6 Å². The van der Waals surface area contributed by atoms with Crippen molar-refractivity contribution in [2.45, 2.75) is 13.0 Å². The number of anilines is 2. The molecule has 2 aromatic rings. The number of ether oxygens (including phenoxy) is 1. The minimum Gasteiger partial charge on any atom is -0.491 e. The zero-order chi connectivity index (χ0) is 16.7. The van der Waals surface area contributed by atoms with Crippen molar-refractivity contribution in [1.82, 2.24) is 5.32 Å². The Morgan fingerprint density at radius 1 is 1.26 bits per heavy atom. The van der Waals surface area contributed by atoms with Crippen molar-refractivity contribution in [1.29, 1.82) is 0 Å². The highest BCUT2D eigenvalue weighted by Gasteiger charge is 2.13. The molecule has 0 saturated carbocycles. The second-order valence-corrected chi connectivity index (χ2v) is 5.24. The van der Waals surface area contributed by atoms with E-state index in [0.29, 0.717) is 18.0 Å². The number of hydrogen-bond donors (Lipinski definition) is 4. The molecule has 0 aliphatic carbocycles. The quantitative estimate of drug-likeness (QED) is 0.589. The SMILES string of the molecule is Cc1cccc(OC[C@H](CNc2ccccc2N)NC(=O)O)c1. The number of hydrogen-bond acceptors (Lipinski definition) is 4. The molecule has 0 aliphatic heterocycles. The lowest BCUT2D eigenvalue weighted by Crippen LogP contribution is -2.43. The summed E-state index contributed by atoms with van der Waals surface area (Å²) in [6, 6.07) is 14.5. The summed E-state index contributed by atoms with van der Waals surface area (Å²) in [5.41, 5.74) is 8.32. The Morgan fingerprint density at radius 2 is 2.04 bits per heavy atom. The monoisotopic (exact) mass is 315 g/mol. The summed E-state index contributed by atoms with van der Waals surface area (Å²) < 4.78 is 5.67. The number of carbonyl (C=O) groups is 1. The maximum atomic E-state index is 10.9. The van der Waals surface area contributed by atoms with Crippen LogP contribution in [0.3, 0.4) is 0 Å². The minimum atomic E-state index is -1.09. The molecule has 2 aromatic carbocycles. The van der Waals surface area contributed by atoms with Gasteiger partial charge in [0.25, 0.3) is 0 Å². The number of amides is 1. The summed E-state index contributed by atoms with van der Waals surface area (Å²) in [5, 5.41) is 14.5. The summed E-state index contributed by atoms with van der Waals surface area (Å²) in [5.74, 6) is 0.710. The summed E-state index contributed by atoms with van der Waals surface area (Å²) >= 11 is 0. The van der Waals surface area contributed by atoms with E-state index in [0.717, 1.165) is 11.3 Å². The average Bonchev–Trinajstić information content (AvgIpc) is 2.51. The molecule has 0 fully saturated rings. The van der Waals surface area contributed by atoms with Crippen molar-refractivity contribution in [2.24, 2.45) is 0 Å². The molecule has 6 nitrogen and oxygen atoms in total. The Balaban J connectivity index is 1.94. The first-order chi connectivity index (χ1) is 11.0. The number of benzene rings is 2. The van der Waals surface area contributed by atoms with E-state index in [-0.39, 0.29) is 6.61 Å². The van der Waals surface area contributed by atoms with Gasteiger partial charge in [-0.05, 0) is 36.8 Å². The first-order valence-electron chi connectivity index (χ1n) is 7.32. The molecule has 5 N–H and O–H groups in total. The van der Waals surface area contributed by atoms with E-state index in [1.54, 1.807) is 6.07 Å². The number of nitrogen functional groups attached to an aromatic ring is 1. The summed E-state index contributed by atoms with van der Waals surface area (Å²) in [7, 11) is 0. The van der Waals surface area contributed by atoms with Crippen LogP contribution in [0.15, 0.2) is 48.5 Å². The maximum absolute atomic E-state index is 10.9. The van der Waals surface area contributed by atoms with Crippen molar-refractivity contribution in [3.05, 3.63) is 54.1 Å². The Kier molecular flexibility index (Phi) is 5.68. The number of nitrogens with one attached hydrogen (secondary N) is 2. The standard InChI is InChI=1S/C17H21N3O3/c1-12-5-4-6-14(9-12)23-11-13(20-17(21)22)10-19-16-8-3-2-7-15(16)18/h2-9,13,19-20H,10-11,18H2,1H3,(H,21,22)/t13-/m0/s1. The van der Waals surface area contributed by atoms with Crippen LogP contribution in [0.4, 0.5) is 16.2 Å². The first-order valence-corrected chi connectivity index (χ1v) is 7.32. The van der Waals surface area contributed by atoms with Crippen LogP contribution in [-0.2, 0) is 0 Å². The van der Waals surface area contributed by atoms with Crippen molar-refractivity contribution in [2.75, 3.05) is 24.2 Å². The van der Waals surface area contributed by atoms with Crippen molar-refractivity contribution >= 4 is 17.5 Å². The molecule has 0 spiro atoms. The molecule has 1 atom stereocenters. The molecule has 6 heteroatoms. The van der Waals surface area contributed by atoms with Gasteiger partial charge < -0.3 is 26.2 Å². The maximum Gasteiger partial charge on any atom is 0.405 e. The van der Waals surface area contributed by atoms with Crippen LogP contribution in [0, 0.1) is 6.92 Å². The Bertz CT molecular complexity index is 661. The second kappa shape index (κ2) is 7.93. The lowest BCUT2D eigenvalue weighted by molar-refractivity contribution is 0.182. The van der Waals surface area contributed by atoms with E-state index in [2.05, 4.69) is 10.6 Å². The van der Waals surface area contributed by atoms with Crippen LogP contribution < -0.4 is 21.1 Å². The summed E-state index contributed by atoms with van der Waals surface area (Å²) in [4.78, 5) is 10.9. The Labute approximate surface area is 135 Å². The molecule has 122 valence electrons. The number of aryl methyl sites for hydroxylation is 1. The van der Waals surface area contributed by atoms with Crippen LogP contribution in [0.5, 0.6) is 5.75 Å². The lowest BCUT2D eigenvalue weighted by atomic mass is 10.2. The molecule has 0 heterocycles. The van der Waals surface area contributed by atoms with Gasteiger partial charge in [-0.25, -0.2) is 4.79 Å². The van der Waals surface area contributed by atoms with E-state index < -0.39 is 12.1 Å². The van der Waals surface area contributed by atoms with Gasteiger partial charge >= 0.3 is 6.09 Å². The van der Waals surface area contributed by atoms with Crippen LogP contribution in [0.1, 0.15) is 5.56 Å². The van der Waals surface area contributed by atoms with Crippen LogP contribution in [0.25, 0.3) is 0 Å². The van der Waals surface area contributed by atoms with E-state index in [4.69, 9.17) is 15.6 Å². The Hall–Kier alpha value is -2.89. The number of carboxylic acid groups (broad SMARTS) is 1. The number of nitrogens with two attached hydrogens (primary N) is 1. The fourth-order valence-corrected chi connectivity index (χ4v) is 2.12. The molecule has 0 radical (unpaired) electrons. The van der Waals surface area contributed by atoms with Gasteiger partial charge in [0, 0.05) is 6.54 Å². The smallest absolute Gasteiger partial charge is 0.405 e. The molecule has 0 unspecified atom stereocenters. The third kappa shape index (κ3) is 5.43. The van der Waals surface area contributed by atoms with E-state index in [1.165, 1.54) is 0 Å². The van der Waals surface area contributed by atoms with E-state index >= 15 is 0 Å². The molecule has 0 bridgehead atoms. The molecule has 1 amide bonds. The van der Waals surface area contributed by atoms with Crippen LogP contribution in [-0.4, -0.2) is 30.4 Å². The molecule has 0 aliphatic rings. The predicted octanol–water partition coefficient (Wildman–Crippen LogP) is 2.70. The molecule has 2 rings (SSSR count). The molecular formula is C17H21N3O3. The van der Waals surface area contributed by atoms with Gasteiger partial charge in [-0.3, -0.25) is 0 Å². The number of para-hydroxylation sites is 2. The zero-order valence-corrected chi connectivity index (χ0v) is 13.0. The fraction of sp³-hybridized carbons (Fsp3) is 0.235. The highest BCUT2D eigenvalue weighted by atomic mass is 16.5. The highest BCUT2D eigenvalue weighted by Crippen LogP contribution is 2.17. The van der Waals surface area contributed by atoms with Crippen LogP contribution in [0.2, 0.25) is 0 Å². The second-order valence-electron chi connectivity index (χ2n) is 5.24. The normalized spacial score (nSPS) is 11.5. The predicted molar refractivity (Wildman–Crippen MR) is 91.0 cm³/mol. The van der Waals surface area contributed by atoms with Crippen molar-refractivity contribution in [3.63, 3.8) is 0 Å². The molecular weight excluding hydrogens is 294 g/mol. The van der Waals surface area contributed by atoms with Gasteiger partial charge in [-0.2, -0.15) is 0 Å².